The summed E-state index contributed by atoms with van der Waals surface area (Å²) in [5.74, 6) is 0. The predicted octanol–water partition coefficient (Wildman–Crippen LogP) is 2.31. The third-order valence-corrected chi connectivity index (χ3v) is 3.13. The van der Waals surface area contributed by atoms with E-state index in [1.807, 2.05) is 10.8 Å². The van der Waals surface area contributed by atoms with Gasteiger partial charge in [-0.05, 0) is 6.92 Å². The molecule has 0 amide bonds. The Balaban J connectivity index is 2.25. The molecule has 0 bridgehead atoms. The molecule has 2 heterocycles. The van der Waals surface area contributed by atoms with Gasteiger partial charge < -0.3 is 4.57 Å². The zero-order chi connectivity index (χ0) is 10.8. The number of hydrogen-bond donors (Lipinski definition) is 0. The summed E-state index contributed by atoms with van der Waals surface area (Å²) in [6.45, 7) is 2.50. The molecule has 0 aliphatic heterocycles. The number of nitrogens with zero attached hydrogens (tertiary/aromatic N) is 2. The van der Waals surface area contributed by atoms with Crippen LogP contribution < -0.4 is 5.43 Å². The van der Waals surface area contributed by atoms with E-state index in [2.05, 4.69) is 4.98 Å². The molecule has 0 radical (unpaired) electrons. The van der Waals surface area contributed by atoms with Crippen LogP contribution in [0.1, 0.15) is 10.4 Å². The maximum atomic E-state index is 11.2. The highest BCUT2D eigenvalue weighted by atomic mass is 35.5. The highest BCUT2D eigenvalue weighted by Crippen LogP contribution is 2.18. The fourth-order valence-electron chi connectivity index (χ4n) is 1.29. The molecule has 2 aromatic heterocycles. The molecule has 78 valence electrons. The van der Waals surface area contributed by atoms with Gasteiger partial charge in [0, 0.05) is 35.1 Å². The van der Waals surface area contributed by atoms with Crippen molar-refractivity contribution in [1.82, 2.24) is 9.55 Å². The highest BCUT2D eigenvalue weighted by Gasteiger charge is 2.00. The summed E-state index contributed by atoms with van der Waals surface area (Å²) >= 11 is 7.18. The van der Waals surface area contributed by atoms with Gasteiger partial charge in [0.05, 0.1) is 6.54 Å². The molecule has 0 unspecified atom stereocenters. The van der Waals surface area contributed by atoms with Crippen molar-refractivity contribution in [2.45, 2.75) is 13.5 Å². The van der Waals surface area contributed by atoms with Gasteiger partial charge in [-0.3, -0.25) is 4.79 Å². The Hall–Kier alpha value is -1.13. The van der Waals surface area contributed by atoms with Crippen LogP contribution in [0.25, 0.3) is 0 Å². The average Bonchev–Trinajstić information content (AvgIpc) is 2.58. The zero-order valence-corrected chi connectivity index (χ0v) is 9.68. The van der Waals surface area contributed by atoms with Crippen molar-refractivity contribution in [3.05, 3.63) is 49.8 Å². The first-order valence-electron chi connectivity index (χ1n) is 4.42. The lowest BCUT2D eigenvalue weighted by atomic mass is 10.3. The zero-order valence-electron chi connectivity index (χ0n) is 8.11. The van der Waals surface area contributed by atoms with Crippen molar-refractivity contribution in [1.29, 1.82) is 0 Å². The fourth-order valence-corrected chi connectivity index (χ4v) is 2.27. The smallest absolute Gasteiger partial charge is 0.184 e. The molecule has 0 saturated heterocycles. The molecule has 0 N–H and O–H groups in total. The highest BCUT2D eigenvalue weighted by molar-refractivity contribution is 7.15. The van der Waals surface area contributed by atoms with Crippen molar-refractivity contribution in [2.24, 2.45) is 0 Å². The monoisotopic (exact) mass is 240 g/mol. The second kappa shape index (κ2) is 4.16. The van der Waals surface area contributed by atoms with Crippen molar-refractivity contribution < 1.29 is 0 Å². The van der Waals surface area contributed by atoms with Gasteiger partial charge in [-0.25, -0.2) is 4.98 Å². The van der Waals surface area contributed by atoms with Crippen molar-refractivity contribution in [3.63, 3.8) is 0 Å². The molecule has 2 rings (SSSR count). The minimum atomic E-state index is 0.0635. The maximum absolute atomic E-state index is 11.2. The van der Waals surface area contributed by atoms with Crippen LogP contribution in [0.3, 0.4) is 0 Å². The number of rotatable bonds is 2. The quantitative estimate of drug-likeness (QED) is 0.808. The minimum Gasteiger partial charge on any atom is -0.348 e. The fraction of sp³-hybridized carbons (Fsp3) is 0.200. The van der Waals surface area contributed by atoms with Gasteiger partial charge in [-0.1, -0.05) is 11.6 Å². The molecule has 0 saturated carbocycles. The predicted molar refractivity (Wildman–Crippen MR) is 61.7 cm³/mol. The average molecular weight is 241 g/mol. The van der Waals surface area contributed by atoms with E-state index in [9.17, 15) is 4.79 Å². The molecule has 15 heavy (non-hydrogen) atoms. The Bertz CT molecular complexity index is 532. The number of hydrogen-bond acceptors (Lipinski definition) is 3. The molecule has 0 aliphatic carbocycles. The molecule has 2 aromatic rings. The standard InChI is InChI=1S/C10H9ClN2OS/c1-7-5-13(3-2-9(7)14)6-8-4-12-10(11)15-8/h2-5H,6H2,1H3. The summed E-state index contributed by atoms with van der Waals surface area (Å²) in [4.78, 5) is 16.2. The Morgan fingerprint density at radius 2 is 2.40 bits per heavy atom. The van der Waals surface area contributed by atoms with Crippen molar-refractivity contribution in [2.75, 3.05) is 0 Å². The Kier molecular flexibility index (Phi) is 2.88. The second-order valence-electron chi connectivity index (χ2n) is 3.24. The summed E-state index contributed by atoms with van der Waals surface area (Å²) in [5.41, 5.74) is 0.807. The molecule has 0 spiro atoms. The Morgan fingerprint density at radius 3 is 3.00 bits per heavy atom. The molecule has 5 heteroatoms. The van der Waals surface area contributed by atoms with E-state index in [4.69, 9.17) is 11.6 Å². The molecular formula is C10H9ClN2OS. The first-order chi connectivity index (χ1) is 7.15. The van der Waals surface area contributed by atoms with Crippen molar-refractivity contribution in [3.8, 4) is 0 Å². The van der Waals surface area contributed by atoms with Crippen LogP contribution in [0.4, 0.5) is 0 Å². The van der Waals surface area contributed by atoms with Crippen LogP contribution in [0, 0.1) is 6.92 Å². The number of pyridine rings is 1. The molecule has 0 atom stereocenters. The van der Waals surface area contributed by atoms with Gasteiger partial charge in [0.1, 0.15) is 0 Å². The van der Waals surface area contributed by atoms with E-state index in [-0.39, 0.29) is 5.43 Å². The Labute approximate surface area is 96.0 Å². The summed E-state index contributed by atoms with van der Waals surface area (Å²) in [5, 5.41) is 0. The topological polar surface area (TPSA) is 34.9 Å². The van der Waals surface area contributed by atoms with Crippen LogP contribution in [0.5, 0.6) is 0 Å². The van der Waals surface area contributed by atoms with Gasteiger partial charge in [0.25, 0.3) is 0 Å². The molecule has 0 aromatic carbocycles. The number of aryl methyl sites for hydroxylation is 1. The number of thiazole rings is 1. The lowest BCUT2D eigenvalue weighted by Gasteiger charge is -2.04. The third kappa shape index (κ3) is 2.46. The van der Waals surface area contributed by atoms with Crippen LogP contribution in [0.15, 0.2) is 29.5 Å². The summed E-state index contributed by atoms with van der Waals surface area (Å²) in [6, 6.07) is 1.57. The van der Waals surface area contributed by atoms with E-state index in [1.165, 1.54) is 11.3 Å². The van der Waals surface area contributed by atoms with E-state index >= 15 is 0 Å². The molecule has 0 fully saturated rings. The van der Waals surface area contributed by atoms with E-state index in [0.29, 0.717) is 11.0 Å². The molecular weight excluding hydrogens is 232 g/mol. The van der Waals surface area contributed by atoms with E-state index in [1.54, 1.807) is 25.4 Å². The number of halogens is 1. The SMILES string of the molecule is Cc1cn(Cc2cnc(Cl)s2)ccc1=O. The summed E-state index contributed by atoms with van der Waals surface area (Å²) < 4.78 is 2.49. The van der Waals surface area contributed by atoms with Gasteiger partial charge in [0.15, 0.2) is 9.90 Å². The maximum Gasteiger partial charge on any atom is 0.184 e. The van der Waals surface area contributed by atoms with Crippen LogP contribution in [0.2, 0.25) is 4.47 Å². The largest absolute Gasteiger partial charge is 0.348 e. The van der Waals surface area contributed by atoms with E-state index in [0.717, 1.165) is 10.4 Å². The minimum absolute atomic E-state index is 0.0635. The van der Waals surface area contributed by atoms with Crippen LogP contribution >= 0.6 is 22.9 Å². The van der Waals surface area contributed by atoms with Gasteiger partial charge >= 0.3 is 0 Å². The molecule has 3 nitrogen and oxygen atoms in total. The lowest BCUT2D eigenvalue weighted by Crippen LogP contribution is -2.08. The first-order valence-corrected chi connectivity index (χ1v) is 5.61. The third-order valence-electron chi connectivity index (χ3n) is 2.03. The molecule has 0 aliphatic rings. The summed E-state index contributed by atoms with van der Waals surface area (Å²) in [6.07, 6.45) is 5.35. The lowest BCUT2D eigenvalue weighted by molar-refractivity contribution is 0.792. The van der Waals surface area contributed by atoms with Crippen LogP contribution in [-0.4, -0.2) is 9.55 Å². The number of aromatic nitrogens is 2. The van der Waals surface area contributed by atoms with E-state index < -0.39 is 0 Å². The van der Waals surface area contributed by atoms with Crippen LogP contribution in [-0.2, 0) is 6.54 Å². The van der Waals surface area contributed by atoms with Crippen molar-refractivity contribution >= 4 is 22.9 Å². The summed E-state index contributed by atoms with van der Waals surface area (Å²) in [7, 11) is 0. The normalized spacial score (nSPS) is 10.5. The first kappa shape index (κ1) is 10.4. The van der Waals surface area contributed by atoms with Gasteiger partial charge in [0.2, 0.25) is 0 Å². The van der Waals surface area contributed by atoms with Gasteiger partial charge in [-0.15, -0.1) is 11.3 Å². The Morgan fingerprint density at radius 1 is 1.60 bits per heavy atom. The van der Waals surface area contributed by atoms with Gasteiger partial charge in [-0.2, -0.15) is 0 Å². The second-order valence-corrected chi connectivity index (χ2v) is 4.94.